The number of carbonyl (C=O) groups is 1. The fourth-order valence-electron chi connectivity index (χ4n) is 2.20. The monoisotopic (exact) mass is 299 g/mol. The standard InChI is InChI=1S/C15H21NO3.ClH/c1-18-15(17)10-12-2-4-14(5-3-12)19-11-13-6-8-16-9-7-13;/h2-5,13,16H,6-11H2,1H3;1H. The molecule has 1 aliphatic rings. The smallest absolute Gasteiger partial charge is 0.309 e. The highest BCUT2D eigenvalue weighted by molar-refractivity contribution is 5.85. The maximum absolute atomic E-state index is 11.1. The van der Waals surface area contributed by atoms with Gasteiger partial charge in [-0.25, -0.2) is 0 Å². The van der Waals surface area contributed by atoms with E-state index in [9.17, 15) is 4.79 Å². The number of halogens is 1. The van der Waals surface area contributed by atoms with Crippen molar-refractivity contribution in [2.24, 2.45) is 5.92 Å². The number of hydrogen-bond acceptors (Lipinski definition) is 4. The molecule has 20 heavy (non-hydrogen) atoms. The Morgan fingerprint density at radius 2 is 1.90 bits per heavy atom. The van der Waals surface area contributed by atoms with E-state index in [1.54, 1.807) is 0 Å². The first-order chi connectivity index (χ1) is 9.28. The minimum absolute atomic E-state index is 0. The van der Waals surface area contributed by atoms with E-state index in [0.717, 1.165) is 31.0 Å². The van der Waals surface area contributed by atoms with E-state index >= 15 is 0 Å². The minimum Gasteiger partial charge on any atom is -0.493 e. The Hall–Kier alpha value is -1.26. The van der Waals surface area contributed by atoms with Crippen LogP contribution in [0.2, 0.25) is 0 Å². The molecule has 0 atom stereocenters. The van der Waals surface area contributed by atoms with E-state index in [2.05, 4.69) is 10.1 Å². The molecule has 0 aliphatic carbocycles. The fraction of sp³-hybridized carbons (Fsp3) is 0.533. The predicted molar refractivity (Wildman–Crippen MR) is 80.5 cm³/mol. The average molecular weight is 300 g/mol. The first-order valence-corrected chi connectivity index (χ1v) is 6.77. The molecular weight excluding hydrogens is 278 g/mol. The van der Waals surface area contributed by atoms with Crippen LogP contribution in [0, 0.1) is 5.92 Å². The van der Waals surface area contributed by atoms with Crippen molar-refractivity contribution in [1.29, 1.82) is 0 Å². The van der Waals surface area contributed by atoms with E-state index in [-0.39, 0.29) is 18.4 Å². The van der Waals surface area contributed by atoms with E-state index in [4.69, 9.17) is 4.74 Å². The van der Waals surface area contributed by atoms with Crippen LogP contribution in [0.1, 0.15) is 18.4 Å². The van der Waals surface area contributed by atoms with Crippen LogP contribution in [0.3, 0.4) is 0 Å². The molecule has 1 aliphatic heterocycles. The van der Waals surface area contributed by atoms with Gasteiger partial charge in [-0.1, -0.05) is 12.1 Å². The van der Waals surface area contributed by atoms with Crippen LogP contribution in [0.15, 0.2) is 24.3 Å². The number of esters is 1. The zero-order valence-electron chi connectivity index (χ0n) is 11.8. The third-order valence-electron chi connectivity index (χ3n) is 3.44. The molecule has 4 nitrogen and oxygen atoms in total. The van der Waals surface area contributed by atoms with Crippen molar-refractivity contribution in [2.45, 2.75) is 19.3 Å². The Bertz CT molecular complexity index is 402. The molecule has 1 N–H and O–H groups in total. The summed E-state index contributed by atoms with van der Waals surface area (Å²) in [7, 11) is 1.40. The number of methoxy groups -OCH3 is 1. The zero-order chi connectivity index (χ0) is 13.5. The van der Waals surface area contributed by atoms with Crippen molar-refractivity contribution in [1.82, 2.24) is 5.32 Å². The first-order valence-electron chi connectivity index (χ1n) is 6.77. The summed E-state index contributed by atoms with van der Waals surface area (Å²) >= 11 is 0. The topological polar surface area (TPSA) is 47.6 Å². The fourth-order valence-corrected chi connectivity index (χ4v) is 2.20. The Kier molecular flexibility index (Phi) is 7.41. The number of carbonyl (C=O) groups excluding carboxylic acids is 1. The molecule has 0 saturated carbocycles. The highest BCUT2D eigenvalue weighted by Gasteiger charge is 2.13. The van der Waals surface area contributed by atoms with Gasteiger partial charge in [0.05, 0.1) is 20.1 Å². The van der Waals surface area contributed by atoms with Gasteiger partial charge in [0.1, 0.15) is 5.75 Å². The molecule has 112 valence electrons. The Morgan fingerprint density at radius 1 is 1.25 bits per heavy atom. The van der Waals surface area contributed by atoms with Gasteiger partial charge in [0.2, 0.25) is 0 Å². The number of ether oxygens (including phenoxy) is 2. The summed E-state index contributed by atoms with van der Waals surface area (Å²) in [5, 5.41) is 3.34. The van der Waals surface area contributed by atoms with Crippen LogP contribution in [0.25, 0.3) is 0 Å². The summed E-state index contributed by atoms with van der Waals surface area (Å²) in [4.78, 5) is 11.1. The molecule has 5 heteroatoms. The largest absolute Gasteiger partial charge is 0.493 e. The van der Waals surface area contributed by atoms with Gasteiger partial charge >= 0.3 is 5.97 Å². The maximum Gasteiger partial charge on any atom is 0.309 e. The maximum atomic E-state index is 11.1. The van der Waals surface area contributed by atoms with E-state index in [0.29, 0.717) is 12.3 Å². The van der Waals surface area contributed by atoms with E-state index in [1.165, 1.54) is 20.0 Å². The van der Waals surface area contributed by atoms with Gasteiger partial charge in [0, 0.05) is 0 Å². The third-order valence-corrected chi connectivity index (χ3v) is 3.44. The summed E-state index contributed by atoms with van der Waals surface area (Å²) in [5.74, 6) is 1.30. The van der Waals surface area contributed by atoms with Crippen molar-refractivity contribution >= 4 is 18.4 Å². The lowest BCUT2D eigenvalue weighted by atomic mass is 9.99. The third kappa shape index (κ3) is 5.39. The summed E-state index contributed by atoms with van der Waals surface area (Å²) in [5.41, 5.74) is 0.945. The average Bonchev–Trinajstić information content (AvgIpc) is 2.47. The molecular formula is C15H22ClNO3. The quantitative estimate of drug-likeness (QED) is 0.847. The van der Waals surface area contributed by atoms with Gasteiger partial charge in [0.15, 0.2) is 0 Å². The highest BCUT2D eigenvalue weighted by Crippen LogP contribution is 2.17. The molecule has 1 heterocycles. The van der Waals surface area contributed by atoms with Crippen LogP contribution < -0.4 is 10.1 Å². The van der Waals surface area contributed by atoms with Gasteiger partial charge in [-0.05, 0) is 49.5 Å². The zero-order valence-corrected chi connectivity index (χ0v) is 12.6. The lowest BCUT2D eigenvalue weighted by Crippen LogP contribution is -2.30. The molecule has 0 radical (unpaired) electrons. The molecule has 0 spiro atoms. The summed E-state index contributed by atoms with van der Waals surface area (Å²) < 4.78 is 10.4. The lowest BCUT2D eigenvalue weighted by molar-refractivity contribution is -0.139. The first kappa shape index (κ1) is 16.8. The predicted octanol–water partition coefficient (Wildman–Crippen LogP) is 2.20. The number of piperidine rings is 1. The molecule has 1 fully saturated rings. The van der Waals surface area contributed by atoms with Gasteiger partial charge in [-0.3, -0.25) is 4.79 Å². The van der Waals surface area contributed by atoms with Crippen LogP contribution in [-0.4, -0.2) is 32.8 Å². The van der Waals surface area contributed by atoms with Gasteiger partial charge in [-0.2, -0.15) is 0 Å². The van der Waals surface area contributed by atoms with Crippen LogP contribution >= 0.6 is 12.4 Å². The van der Waals surface area contributed by atoms with Crippen molar-refractivity contribution < 1.29 is 14.3 Å². The SMILES string of the molecule is COC(=O)Cc1ccc(OCC2CCNCC2)cc1.Cl. The number of rotatable bonds is 5. The second-order valence-corrected chi connectivity index (χ2v) is 4.90. The highest BCUT2D eigenvalue weighted by atomic mass is 35.5. The molecule has 1 saturated heterocycles. The molecule has 0 unspecified atom stereocenters. The molecule has 0 amide bonds. The van der Waals surface area contributed by atoms with Crippen molar-refractivity contribution in [3.05, 3.63) is 29.8 Å². The van der Waals surface area contributed by atoms with Crippen molar-refractivity contribution in [2.75, 3.05) is 26.8 Å². The minimum atomic E-state index is -0.219. The number of benzene rings is 1. The number of hydrogen-bond donors (Lipinski definition) is 1. The van der Waals surface area contributed by atoms with E-state index < -0.39 is 0 Å². The van der Waals surface area contributed by atoms with Crippen molar-refractivity contribution in [3.8, 4) is 5.75 Å². The van der Waals surface area contributed by atoms with Crippen LogP contribution in [0.4, 0.5) is 0 Å². The summed E-state index contributed by atoms with van der Waals surface area (Å²) in [6, 6.07) is 7.65. The second kappa shape index (κ2) is 8.82. The Balaban J connectivity index is 0.00000200. The molecule has 0 aromatic heterocycles. The van der Waals surface area contributed by atoms with Crippen molar-refractivity contribution in [3.63, 3.8) is 0 Å². The lowest BCUT2D eigenvalue weighted by Gasteiger charge is -2.22. The molecule has 1 aromatic rings. The Labute approximate surface area is 126 Å². The number of nitrogens with one attached hydrogen (secondary N) is 1. The normalized spacial score (nSPS) is 15.2. The molecule has 2 rings (SSSR count). The van der Waals surface area contributed by atoms with Gasteiger partial charge in [-0.15, -0.1) is 12.4 Å². The second-order valence-electron chi connectivity index (χ2n) is 4.90. The van der Waals surface area contributed by atoms with Gasteiger partial charge < -0.3 is 14.8 Å². The van der Waals surface area contributed by atoms with Gasteiger partial charge in [0.25, 0.3) is 0 Å². The van der Waals surface area contributed by atoms with E-state index in [1.807, 2.05) is 24.3 Å². The van der Waals surface area contributed by atoms with Crippen LogP contribution in [-0.2, 0) is 16.0 Å². The van der Waals surface area contributed by atoms with Crippen LogP contribution in [0.5, 0.6) is 5.75 Å². The molecule has 0 bridgehead atoms. The summed E-state index contributed by atoms with van der Waals surface area (Å²) in [6.45, 7) is 2.95. The molecule has 1 aromatic carbocycles. The Morgan fingerprint density at radius 3 is 2.50 bits per heavy atom. The summed E-state index contributed by atoms with van der Waals surface area (Å²) in [6.07, 6.45) is 2.67.